The maximum atomic E-state index is 12.3. The quantitative estimate of drug-likeness (QED) is 0.746. The lowest BCUT2D eigenvalue weighted by Crippen LogP contribution is -2.64. The first kappa shape index (κ1) is 16.5. The van der Waals surface area contributed by atoms with Gasteiger partial charge in [-0.3, -0.25) is 0 Å². The Hall–Kier alpha value is -1.37. The number of aromatic nitrogens is 2. The molecule has 2 saturated heterocycles. The normalized spacial score (nSPS) is 20.3. The zero-order valence-corrected chi connectivity index (χ0v) is 15.5. The Kier molecular flexibility index (Phi) is 4.25. The van der Waals surface area contributed by atoms with E-state index in [1.54, 1.807) is 12.4 Å². The van der Waals surface area contributed by atoms with E-state index in [4.69, 9.17) is 4.74 Å². The second-order valence-electron chi connectivity index (χ2n) is 7.56. The number of piperidine rings is 1. The lowest BCUT2D eigenvalue weighted by Gasteiger charge is -2.54. The van der Waals surface area contributed by atoms with Crippen LogP contribution in [0.4, 0.5) is 10.6 Å². The minimum atomic E-state index is -0.444. The van der Waals surface area contributed by atoms with E-state index < -0.39 is 5.60 Å². The van der Waals surface area contributed by atoms with Crippen LogP contribution in [-0.2, 0) is 4.74 Å². The largest absolute Gasteiger partial charge is 0.444 e. The second-order valence-corrected chi connectivity index (χ2v) is 8.37. The van der Waals surface area contributed by atoms with Crippen LogP contribution < -0.4 is 4.90 Å². The lowest BCUT2D eigenvalue weighted by molar-refractivity contribution is -0.00156. The van der Waals surface area contributed by atoms with E-state index >= 15 is 0 Å². The molecule has 0 saturated carbocycles. The molecule has 0 N–H and O–H groups in total. The number of rotatable bonds is 1. The Bertz CT molecular complexity index is 579. The van der Waals surface area contributed by atoms with Gasteiger partial charge in [0.25, 0.3) is 0 Å². The Morgan fingerprint density at radius 3 is 2.61 bits per heavy atom. The Labute approximate surface area is 145 Å². The molecular weight excluding hydrogens is 360 g/mol. The molecule has 2 aliphatic heterocycles. The van der Waals surface area contributed by atoms with E-state index in [-0.39, 0.29) is 11.5 Å². The molecule has 0 bridgehead atoms. The van der Waals surface area contributed by atoms with Crippen LogP contribution in [0, 0.1) is 5.41 Å². The van der Waals surface area contributed by atoms with E-state index in [0.717, 1.165) is 49.4 Å². The summed E-state index contributed by atoms with van der Waals surface area (Å²) in [5, 5.41) is 0. The fourth-order valence-corrected chi connectivity index (χ4v) is 3.55. The van der Waals surface area contributed by atoms with Crippen LogP contribution in [0.15, 0.2) is 17.0 Å². The molecule has 23 heavy (non-hydrogen) atoms. The maximum Gasteiger partial charge on any atom is 0.410 e. The number of carbonyl (C=O) groups is 1. The van der Waals surface area contributed by atoms with Crippen LogP contribution in [-0.4, -0.2) is 52.7 Å². The predicted octanol–water partition coefficient (Wildman–Crippen LogP) is 3.08. The van der Waals surface area contributed by atoms with Crippen molar-refractivity contribution in [3.05, 3.63) is 17.0 Å². The second kappa shape index (κ2) is 5.92. The smallest absolute Gasteiger partial charge is 0.410 e. The van der Waals surface area contributed by atoms with Crippen LogP contribution in [0.5, 0.6) is 0 Å². The molecule has 7 heteroatoms. The molecule has 2 aliphatic rings. The molecule has 126 valence electrons. The third kappa shape index (κ3) is 3.76. The third-order valence-electron chi connectivity index (χ3n) is 4.30. The van der Waals surface area contributed by atoms with Gasteiger partial charge in [-0.15, -0.1) is 0 Å². The van der Waals surface area contributed by atoms with Crippen LogP contribution in [0.25, 0.3) is 0 Å². The Morgan fingerprint density at radius 1 is 1.26 bits per heavy atom. The summed E-state index contributed by atoms with van der Waals surface area (Å²) < 4.78 is 6.25. The number of halogens is 1. The molecule has 3 heterocycles. The number of hydrogen-bond donors (Lipinski definition) is 0. The maximum absolute atomic E-state index is 12.3. The number of ether oxygens (including phenoxy) is 1. The summed E-state index contributed by atoms with van der Waals surface area (Å²) in [7, 11) is 0. The van der Waals surface area contributed by atoms with Crippen molar-refractivity contribution in [1.82, 2.24) is 14.9 Å². The lowest BCUT2D eigenvalue weighted by atomic mass is 9.73. The number of carbonyl (C=O) groups excluding carboxylic acids is 1. The third-order valence-corrected chi connectivity index (χ3v) is 4.71. The van der Waals surface area contributed by atoms with Gasteiger partial charge in [-0.1, -0.05) is 0 Å². The van der Waals surface area contributed by atoms with Gasteiger partial charge in [-0.2, -0.15) is 0 Å². The monoisotopic (exact) mass is 382 g/mol. The van der Waals surface area contributed by atoms with Gasteiger partial charge in [0.2, 0.25) is 0 Å². The molecule has 1 spiro atoms. The SMILES string of the molecule is CC(C)(C)OC(=O)N1CCCC2(C1)CN(c1cnc(Br)cn1)C2. The van der Waals surface area contributed by atoms with Crippen molar-refractivity contribution in [2.45, 2.75) is 39.2 Å². The first-order chi connectivity index (χ1) is 10.8. The molecule has 0 unspecified atom stereocenters. The van der Waals surface area contributed by atoms with Crippen LogP contribution in [0.1, 0.15) is 33.6 Å². The van der Waals surface area contributed by atoms with Crippen LogP contribution in [0.2, 0.25) is 0 Å². The first-order valence-corrected chi connectivity index (χ1v) is 8.76. The highest BCUT2D eigenvalue weighted by Crippen LogP contribution is 2.41. The predicted molar refractivity (Wildman–Crippen MR) is 91.4 cm³/mol. The molecule has 1 amide bonds. The summed E-state index contributed by atoms with van der Waals surface area (Å²) in [4.78, 5) is 25.0. The zero-order valence-electron chi connectivity index (χ0n) is 13.9. The zero-order chi connectivity index (χ0) is 16.7. The van der Waals surface area contributed by atoms with Crippen molar-refractivity contribution in [1.29, 1.82) is 0 Å². The molecule has 1 aromatic heterocycles. The van der Waals surface area contributed by atoms with Crippen molar-refractivity contribution < 1.29 is 9.53 Å². The average Bonchev–Trinajstić information content (AvgIpc) is 2.44. The number of hydrogen-bond acceptors (Lipinski definition) is 5. The summed E-state index contributed by atoms with van der Waals surface area (Å²) in [6.45, 7) is 9.11. The van der Waals surface area contributed by atoms with Crippen molar-refractivity contribution in [3.63, 3.8) is 0 Å². The van der Waals surface area contributed by atoms with E-state index in [0.29, 0.717) is 0 Å². The fraction of sp³-hybridized carbons (Fsp3) is 0.688. The number of amides is 1. The number of anilines is 1. The number of likely N-dealkylation sites (tertiary alicyclic amines) is 1. The molecule has 2 fully saturated rings. The summed E-state index contributed by atoms with van der Waals surface area (Å²) in [6, 6.07) is 0. The summed E-state index contributed by atoms with van der Waals surface area (Å²) in [5.74, 6) is 0.896. The van der Waals surface area contributed by atoms with E-state index in [2.05, 4.69) is 30.8 Å². The summed E-state index contributed by atoms with van der Waals surface area (Å²) >= 11 is 3.30. The van der Waals surface area contributed by atoms with Gasteiger partial charge in [0, 0.05) is 31.6 Å². The van der Waals surface area contributed by atoms with Gasteiger partial charge in [0.1, 0.15) is 16.0 Å². The van der Waals surface area contributed by atoms with Gasteiger partial charge in [0.15, 0.2) is 0 Å². The summed E-state index contributed by atoms with van der Waals surface area (Å²) in [6.07, 6.45) is 5.48. The highest BCUT2D eigenvalue weighted by molar-refractivity contribution is 9.10. The standard InChI is InChI=1S/C16H23BrN4O2/c1-15(2,3)23-14(22)20-6-4-5-16(9-20)10-21(11-16)13-8-18-12(17)7-19-13/h7-8H,4-6,9-11H2,1-3H3. The van der Waals surface area contributed by atoms with Crippen LogP contribution >= 0.6 is 15.9 Å². The topological polar surface area (TPSA) is 58.6 Å². The van der Waals surface area contributed by atoms with Crippen molar-refractivity contribution in [2.24, 2.45) is 5.41 Å². The van der Waals surface area contributed by atoms with E-state index in [1.165, 1.54) is 0 Å². The van der Waals surface area contributed by atoms with Gasteiger partial charge in [-0.25, -0.2) is 14.8 Å². The molecule has 0 radical (unpaired) electrons. The molecule has 6 nitrogen and oxygen atoms in total. The van der Waals surface area contributed by atoms with Gasteiger partial charge >= 0.3 is 6.09 Å². The van der Waals surface area contributed by atoms with Gasteiger partial charge < -0.3 is 14.5 Å². The molecule has 3 rings (SSSR count). The fourth-order valence-electron chi connectivity index (χ4n) is 3.34. The molecule has 0 atom stereocenters. The highest BCUT2D eigenvalue weighted by atomic mass is 79.9. The first-order valence-electron chi connectivity index (χ1n) is 7.97. The van der Waals surface area contributed by atoms with Crippen molar-refractivity contribution in [3.8, 4) is 0 Å². The highest BCUT2D eigenvalue weighted by Gasteiger charge is 2.47. The van der Waals surface area contributed by atoms with Crippen LogP contribution in [0.3, 0.4) is 0 Å². The Balaban J connectivity index is 1.59. The molecular formula is C16H23BrN4O2. The summed E-state index contributed by atoms with van der Waals surface area (Å²) in [5.41, 5.74) is -0.274. The minimum absolute atomic E-state index is 0.171. The van der Waals surface area contributed by atoms with Gasteiger partial charge in [0.05, 0.1) is 12.4 Å². The van der Waals surface area contributed by atoms with Crippen molar-refractivity contribution >= 4 is 27.8 Å². The van der Waals surface area contributed by atoms with E-state index in [9.17, 15) is 4.79 Å². The van der Waals surface area contributed by atoms with Gasteiger partial charge in [-0.05, 0) is 49.5 Å². The molecule has 0 aromatic carbocycles. The molecule has 0 aliphatic carbocycles. The van der Waals surface area contributed by atoms with E-state index in [1.807, 2.05) is 25.7 Å². The minimum Gasteiger partial charge on any atom is -0.444 e. The Morgan fingerprint density at radius 2 is 2.00 bits per heavy atom. The molecule has 1 aromatic rings. The number of nitrogens with zero attached hydrogens (tertiary/aromatic N) is 4. The van der Waals surface area contributed by atoms with Crippen molar-refractivity contribution in [2.75, 3.05) is 31.1 Å². The average molecular weight is 383 g/mol.